The van der Waals surface area contributed by atoms with E-state index < -0.39 is 4.92 Å². The van der Waals surface area contributed by atoms with Crippen LogP contribution in [-0.4, -0.2) is 36.2 Å². The number of non-ortho nitro benzene ring substituents is 1. The van der Waals surface area contributed by atoms with Crippen LogP contribution in [0.25, 0.3) is 0 Å². The summed E-state index contributed by atoms with van der Waals surface area (Å²) in [5.74, 6) is -0.0441. The molecule has 1 amide bonds. The molecule has 1 aliphatic rings. The van der Waals surface area contributed by atoms with Crippen molar-refractivity contribution in [2.45, 2.75) is 25.8 Å². The van der Waals surface area contributed by atoms with E-state index in [2.05, 4.69) is 5.32 Å². The van der Waals surface area contributed by atoms with Gasteiger partial charge in [0, 0.05) is 49.4 Å². The van der Waals surface area contributed by atoms with Crippen molar-refractivity contribution in [2.75, 3.05) is 18.0 Å². The minimum absolute atomic E-state index is 0.0441. The first-order chi connectivity index (χ1) is 10.0. The van der Waals surface area contributed by atoms with E-state index in [1.807, 2.05) is 4.90 Å². The minimum Gasteiger partial charge on any atom is -0.371 e. The summed E-state index contributed by atoms with van der Waals surface area (Å²) in [6.45, 7) is 2.89. The van der Waals surface area contributed by atoms with Crippen molar-refractivity contribution in [3.8, 4) is 0 Å². The first-order valence-corrected chi connectivity index (χ1v) is 6.77. The van der Waals surface area contributed by atoms with Crippen LogP contribution in [0, 0.1) is 10.1 Å². The smallest absolute Gasteiger partial charge is 0.270 e. The average molecular weight is 291 g/mol. The van der Waals surface area contributed by atoms with Crippen LogP contribution in [-0.2, 0) is 4.79 Å². The Labute approximate surface area is 122 Å². The molecule has 0 bridgehead atoms. The van der Waals surface area contributed by atoms with Gasteiger partial charge < -0.3 is 10.2 Å². The number of carbonyl (C=O) groups excluding carboxylic acids is 2. The second-order valence-electron chi connectivity index (χ2n) is 5.08. The monoisotopic (exact) mass is 291 g/mol. The molecule has 7 nitrogen and oxygen atoms in total. The SMILES string of the molecule is CC(=O)NC1CCN(c2ccc([N+](=O)[O-])cc2C=O)CC1. The Morgan fingerprint density at radius 3 is 2.62 bits per heavy atom. The Hall–Kier alpha value is -2.44. The molecule has 1 aliphatic heterocycles. The van der Waals surface area contributed by atoms with Gasteiger partial charge in [0.1, 0.15) is 0 Å². The van der Waals surface area contributed by atoms with E-state index >= 15 is 0 Å². The lowest BCUT2D eigenvalue weighted by molar-refractivity contribution is -0.384. The maximum Gasteiger partial charge on any atom is 0.270 e. The number of piperidine rings is 1. The molecule has 1 fully saturated rings. The van der Waals surface area contributed by atoms with Gasteiger partial charge in [0.2, 0.25) is 5.91 Å². The fraction of sp³-hybridized carbons (Fsp3) is 0.429. The Bertz CT molecular complexity index is 565. The van der Waals surface area contributed by atoms with Crippen molar-refractivity contribution >= 4 is 23.6 Å². The maximum absolute atomic E-state index is 11.1. The molecular weight excluding hydrogens is 274 g/mol. The lowest BCUT2D eigenvalue weighted by Gasteiger charge is -2.34. The van der Waals surface area contributed by atoms with Gasteiger partial charge in [-0.05, 0) is 18.9 Å². The van der Waals surface area contributed by atoms with Gasteiger partial charge in [-0.25, -0.2) is 0 Å². The van der Waals surface area contributed by atoms with Crippen LogP contribution in [0.15, 0.2) is 18.2 Å². The Kier molecular flexibility index (Phi) is 4.52. The zero-order valence-corrected chi connectivity index (χ0v) is 11.7. The molecule has 0 spiro atoms. The fourth-order valence-corrected chi connectivity index (χ4v) is 2.59. The van der Waals surface area contributed by atoms with Gasteiger partial charge in [0.15, 0.2) is 6.29 Å². The molecule has 0 radical (unpaired) electrons. The van der Waals surface area contributed by atoms with Crippen LogP contribution in [0.3, 0.4) is 0 Å². The molecule has 1 N–H and O–H groups in total. The molecule has 1 saturated heterocycles. The van der Waals surface area contributed by atoms with E-state index in [1.54, 1.807) is 6.07 Å². The van der Waals surface area contributed by atoms with E-state index in [0.717, 1.165) is 12.8 Å². The molecule has 7 heteroatoms. The summed E-state index contributed by atoms with van der Waals surface area (Å²) in [5.41, 5.74) is 0.938. The number of hydrogen-bond donors (Lipinski definition) is 1. The predicted octanol–water partition coefficient (Wildman–Crippen LogP) is 1.51. The Balaban J connectivity index is 2.11. The number of benzene rings is 1. The number of nitrogens with one attached hydrogen (secondary N) is 1. The summed E-state index contributed by atoms with van der Waals surface area (Å²) in [4.78, 5) is 34.4. The zero-order valence-electron chi connectivity index (χ0n) is 11.7. The quantitative estimate of drug-likeness (QED) is 0.515. The van der Waals surface area contributed by atoms with Gasteiger partial charge in [0.25, 0.3) is 5.69 Å². The predicted molar refractivity (Wildman–Crippen MR) is 77.5 cm³/mol. The summed E-state index contributed by atoms with van der Waals surface area (Å²) in [6, 6.07) is 4.46. The van der Waals surface area contributed by atoms with E-state index in [9.17, 15) is 19.7 Å². The standard InChI is InChI=1S/C14H17N3O4/c1-10(19)15-12-4-6-16(7-5-12)14-3-2-13(17(20)21)8-11(14)9-18/h2-3,8-9,12H,4-7H2,1H3,(H,15,19). The average Bonchev–Trinajstić information content (AvgIpc) is 2.46. The molecular formula is C14H17N3O4. The number of carbonyl (C=O) groups is 2. The lowest BCUT2D eigenvalue weighted by Crippen LogP contribution is -2.44. The van der Waals surface area contributed by atoms with Crippen LogP contribution in [0.2, 0.25) is 0 Å². The lowest BCUT2D eigenvalue weighted by atomic mass is 10.0. The van der Waals surface area contributed by atoms with Gasteiger partial charge in [-0.2, -0.15) is 0 Å². The van der Waals surface area contributed by atoms with E-state index in [-0.39, 0.29) is 17.6 Å². The highest BCUT2D eigenvalue weighted by molar-refractivity contribution is 5.86. The highest BCUT2D eigenvalue weighted by Crippen LogP contribution is 2.26. The first kappa shape index (κ1) is 15.0. The van der Waals surface area contributed by atoms with Gasteiger partial charge in [-0.1, -0.05) is 0 Å². The largest absolute Gasteiger partial charge is 0.371 e. The number of nitrogens with zero attached hydrogens (tertiary/aromatic N) is 2. The summed E-state index contributed by atoms with van der Waals surface area (Å²) in [7, 11) is 0. The molecule has 2 rings (SSSR count). The number of amides is 1. The summed E-state index contributed by atoms with van der Waals surface area (Å²) in [6.07, 6.45) is 2.21. The number of anilines is 1. The molecule has 0 unspecified atom stereocenters. The molecule has 0 aliphatic carbocycles. The zero-order chi connectivity index (χ0) is 15.4. The molecule has 112 valence electrons. The van der Waals surface area contributed by atoms with Crippen LogP contribution >= 0.6 is 0 Å². The van der Waals surface area contributed by atoms with Crippen LogP contribution < -0.4 is 10.2 Å². The van der Waals surface area contributed by atoms with Crippen molar-refractivity contribution in [2.24, 2.45) is 0 Å². The first-order valence-electron chi connectivity index (χ1n) is 6.77. The number of hydrogen-bond acceptors (Lipinski definition) is 5. The van der Waals surface area contributed by atoms with E-state index in [0.29, 0.717) is 30.6 Å². The fourth-order valence-electron chi connectivity index (χ4n) is 2.59. The van der Waals surface area contributed by atoms with Gasteiger partial charge >= 0.3 is 0 Å². The number of aldehydes is 1. The molecule has 1 aromatic carbocycles. The molecule has 1 aromatic rings. The summed E-state index contributed by atoms with van der Waals surface area (Å²) >= 11 is 0. The molecule has 0 atom stereocenters. The van der Waals surface area contributed by atoms with Crippen LogP contribution in [0.4, 0.5) is 11.4 Å². The van der Waals surface area contributed by atoms with Gasteiger partial charge in [-0.3, -0.25) is 19.7 Å². The third-order valence-corrected chi connectivity index (χ3v) is 3.59. The summed E-state index contributed by atoms with van der Waals surface area (Å²) < 4.78 is 0. The van der Waals surface area contributed by atoms with Crippen LogP contribution in [0.5, 0.6) is 0 Å². The number of rotatable bonds is 4. The third kappa shape index (κ3) is 3.56. The van der Waals surface area contributed by atoms with Crippen molar-refractivity contribution in [1.29, 1.82) is 0 Å². The highest BCUT2D eigenvalue weighted by atomic mass is 16.6. The van der Waals surface area contributed by atoms with Gasteiger partial charge in [0.05, 0.1) is 4.92 Å². The molecule has 21 heavy (non-hydrogen) atoms. The molecule has 1 heterocycles. The second kappa shape index (κ2) is 6.34. The van der Waals surface area contributed by atoms with Crippen molar-refractivity contribution in [3.63, 3.8) is 0 Å². The maximum atomic E-state index is 11.1. The van der Waals surface area contributed by atoms with Crippen molar-refractivity contribution < 1.29 is 14.5 Å². The second-order valence-corrected chi connectivity index (χ2v) is 5.08. The third-order valence-electron chi connectivity index (χ3n) is 3.59. The topological polar surface area (TPSA) is 92.6 Å². The van der Waals surface area contributed by atoms with Crippen molar-refractivity contribution in [3.05, 3.63) is 33.9 Å². The number of nitro groups is 1. The molecule has 0 aromatic heterocycles. The van der Waals surface area contributed by atoms with Gasteiger partial charge in [-0.15, -0.1) is 0 Å². The van der Waals surface area contributed by atoms with E-state index in [1.165, 1.54) is 19.1 Å². The highest BCUT2D eigenvalue weighted by Gasteiger charge is 2.22. The van der Waals surface area contributed by atoms with Crippen LogP contribution in [0.1, 0.15) is 30.1 Å². The Morgan fingerprint density at radius 2 is 2.10 bits per heavy atom. The molecule has 0 saturated carbocycles. The van der Waals surface area contributed by atoms with E-state index in [4.69, 9.17) is 0 Å². The minimum atomic E-state index is -0.514. The Morgan fingerprint density at radius 1 is 1.43 bits per heavy atom. The normalized spacial score (nSPS) is 15.6. The number of nitro benzene ring substituents is 1. The summed E-state index contributed by atoms with van der Waals surface area (Å²) in [5, 5.41) is 13.6. The van der Waals surface area contributed by atoms with Crippen molar-refractivity contribution in [1.82, 2.24) is 5.32 Å².